The molecule has 0 aromatic heterocycles. The summed E-state index contributed by atoms with van der Waals surface area (Å²) in [6, 6.07) is 8.54. The van der Waals surface area contributed by atoms with Gasteiger partial charge in [-0.2, -0.15) is 0 Å². The second-order valence-electron chi connectivity index (χ2n) is 5.14. The SMILES string of the molecule is CC1=CCP(=O)(N2CCc3ccccc3C2)C1. The molecule has 0 N–H and O–H groups in total. The Labute approximate surface area is 103 Å². The third kappa shape index (κ3) is 2.00. The molecule has 2 aliphatic rings. The van der Waals surface area contributed by atoms with Gasteiger partial charge in [0.1, 0.15) is 0 Å². The van der Waals surface area contributed by atoms with Crippen LogP contribution in [0.25, 0.3) is 0 Å². The summed E-state index contributed by atoms with van der Waals surface area (Å²) >= 11 is 0. The molecule has 90 valence electrons. The topological polar surface area (TPSA) is 20.3 Å². The lowest BCUT2D eigenvalue weighted by Crippen LogP contribution is -2.28. The first-order valence-electron chi connectivity index (χ1n) is 6.23. The molecule has 1 aromatic carbocycles. The first-order valence-corrected chi connectivity index (χ1v) is 8.26. The van der Waals surface area contributed by atoms with Crippen LogP contribution in [-0.4, -0.2) is 23.5 Å². The summed E-state index contributed by atoms with van der Waals surface area (Å²) in [5.41, 5.74) is 4.09. The van der Waals surface area contributed by atoms with Crippen molar-refractivity contribution in [2.24, 2.45) is 0 Å². The molecule has 0 saturated heterocycles. The van der Waals surface area contributed by atoms with Gasteiger partial charge in [-0.1, -0.05) is 35.9 Å². The number of allylic oxidation sites excluding steroid dienone is 2. The second kappa shape index (κ2) is 4.12. The molecule has 0 amide bonds. The molecule has 1 atom stereocenters. The van der Waals surface area contributed by atoms with Gasteiger partial charge in [-0.15, -0.1) is 0 Å². The number of rotatable bonds is 1. The molecule has 0 radical (unpaired) electrons. The van der Waals surface area contributed by atoms with Gasteiger partial charge in [0, 0.05) is 25.4 Å². The predicted molar refractivity (Wildman–Crippen MR) is 71.7 cm³/mol. The van der Waals surface area contributed by atoms with E-state index in [1.165, 1.54) is 16.7 Å². The second-order valence-corrected chi connectivity index (χ2v) is 8.08. The summed E-state index contributed by atoms with van der Waals surface area (Å²) in [7, 11) is -2.12. The Morgan fingerprint density at radius 3 is 2.71 bits per heavy atom. The molecule has 3 heteroatoms. The van der Waals surface area contributed by atoms with Crippen LogP contribution in [0.4, 0.5) is 0 Å². The summed E-state index contributed by atoms with van der Waals surface area (Å²) in [6.45, 7) is 3.92. The molecular weight excluding hydrogens is 229 g/mol. The van der Waals surface area contributed by atoms with Crippen LogP contribution in [0.1, 0.15) is 18.1 Å². The van der Waals surface area contributed by atoms with E-state index < -0.39 is 7.29 Å². The van der Waals surface area contributed by atoms with Crippen LogP contribution in [-0.2, 0) is 17.5 Å². The van der Waals surface area contributed by atoms with Crippen molar-refractivity contribution in [2.45, 2.75) is 19.9 Å². The van der Waals surface area contributed by atoms with E-state index in [9.17, 15) is 4.57 Å². The summed E-state index contributed by atoms with van der Waals surface area (Å²) in [5.74, 6) is 0. The molecule has 0 spiro atoms. The van der Waals surface area contributed by atoms with Crippen molar-refractivity contribution in [3.8, 4) is 0 Å². The van der Waals surface area contributed by atoms with Crippen LogP contribution < -0.4 is 0 Å². The quantitative estimate of drug-likeness (QED) is 0.560. The molecule has 0 bridgehead atoms. The summed E-state index contributed by atoms with van der Waals surface area (Å²) in [6.07, 6.45) is 4.77. The van der Waals surface area contributed by atoms with Gasteiger partial charge in [0.05, 0.1) is 0 Å². The van der Waals surface area contributed by atoms with Crippen molar-refractivity contribution in [3.05, 3.63) is 47.0 Å². The lowest BCUT2D eigenvalue weighted by Gasteiger charge is -2.33. The van der Waals surface area contributed by atoms with Gasteiger partial charge in [0.2, 0.25) is 0 Å². The van der Waals surface area contributed by atoms with Crippen molar-refractivity contribution >= 4 is 7.29 Å². The zero-order valence-corrected chi connectivity index (χ0v) is 11.1. The molecule has 0 saturated carbocycles. The van der Waals surface area contributed by atoms with Gasteiger partial charge < -0.3 is 4.57 Å². The van der Waals surface area contributed by atoms with E-state index in [2.05, 4.69) is 41.9 Å². The lowest BCUT2D eigenvalue weighted by molar-refractivity contribution is 0.392. The van der Waals surface area contributed by atoms with Crippen molar-refractivity contribution in [1.82, 2.24) is 4.67 Å². The van der Waals surface area contributed by atoms with E-state index >= 15 is 0 Å². The molecule has 0 fully saturated rings. The average Bonchev–Trinajstić information content (AvgIpc) is 2.70. The third-order valence-electron chi connectivity index (χ3n) is 3.85. The fraction of sp³-hybridized carbons (Fsp3) is 0.429. The molecule has 3 rings (SSSR count). The van der Waals surface area contributed by atoms with Crippen molar-refractivity contribution in [2.75, 3.05) is 18.9 Å². The van der Waals surface area contributed by atoms with Gasteiger partial charge >= 0.3 is 0 Å². The van der Waals surface area contributed by atoms with E-state index in [-0.39, 0.29) is 0 Å². The molecule has 2 aliphatic heterocycles. The van der Waals surface area contributed by atoms with Crippen LogP contribution in [0, 0.1) is 0 Å². The fourth-order valence-corrected chi connectivity index (χ4v) is 5.76. The minimum absolute atomic E-state index is 0.779. The zero-order chi connectivity index (χ0) is 11.9. The maximum Gasteiger partial charge on any atom is 0.158 e. The number of benzene rings is 1. The minimum Gasteiger partial charge on any atom is -0.306 e. The lowest BCUT2D eigenvalue weighted by atomic mass is 10.0. The van der Waals surface area contributed by atoms with Crippen molar-refractivity contribution in [3.63, 3.8) is 0 Å². The van der Waals surface area contributed by atoms with Crippen molar-refractivity contribution in [1.29, 1.82) is 0 Å². The molecule has 0 aliphatic carbocycles. The van der Waals surface area contributed by atoms with E-state index in [1.54, 1.807) is 0 Å². The molecule has 2 nitrogen and oxygen atoms in total. The van der Waals surface area contributed by atoms with Crippen molar-refractivity contribution < 1.29 is 4.57 Å². The standard InChI is InChI=1S/C14H18NOP/c1-12-7-9-17(16,11-12)15-8-6-13-4-2-3-5-14(13)10-15/h2-5,7H,6,8-11H2,1H3. The Morgan fingerprint density at radius 1 is 1.24 bits per heavy atom. The van der Waals surface area contributed by atoms with Crippen LogP contribution in [0.15, 0.2) is 35.9 Å². The Balaban J connectivity index is 1.83. The van der Waals surface area contributed by atoms with E-state index in [1.807, 2.05) is 0 Å². The van der Waals surface area contributed by atoms with Crippen LogP contribution in [0.5, 0.6) is 0 Å². The highest BCUT2D eigenvalue weighted by atomic mass is 31.2. The Morgan fingerprint density at radius 2 is 2.00 bits per heavy atom. The van der Waals surface area contributed by atoms with Gasteiger partial charge in [-0.05, 0) is 24.5 Å². The van der Waals surface area contributed by atoms with E-state index in [0.29, 0.717) is 0 Å². The maximum absolute atomic E-state index is 12.9. The number of hydrogen-bond donors (Lipinski definition) is 0. The highest BCUT2D eigenvalue weighted by Crippen LogP contribution is 2.56. The van der Waals surface area contributed by atoms with Crippen LogP contribution in [0.3, 0.4) is 0 Å². The molecule has 1 aromatic rings. The van der Waals surface area contributed by atoms with E-state index in [0.717, 1.165) is 31.8 Å². The van der Waals surface area contributed by atoms with Gasteiger partial charge in [0.25, 0.3) is 0 Å². The Hall–Kier alpha value is -0.850. The molecule has 1 unspecified atom stereocenters. The van der Waals surface area contributed by atoms with Gasteiger partial charge in [-0.3, -0.25) is 0 Å². The first-order chi connectivity index (χ1) is 8.17. The Bertz CT molecular complexity index is 521. The highest BCUT2D eigenvalue weighted by molar-refractivity contribution is 7.62. The molecule has 17 heavy (non-hydrogen) atoms. The smallest absolute Gasteiger partial charge is 0.158 e. The minimum atomic E-state index is -2.12. The first kappa shape index (κ1) is 11.3. The zero-order valence-electron chi connectivity index (χ0n) is 10.2. The fourth-order valence-electron chi connectivity index (χ4n) is 2.82. The predicted octanol–water partition coefficient (Wildman–Crippen LogP) is 3.28. The maximum atomic E-state index is 12.9. The van der Waals surface area contributed by atoms with Gasteiger partial charge in [-0.25, -0.2) is 4.67 Å². The number of hydrogen-bond acceptors (Lipinski definition) is 1. The molecule has 2 heterocycles. The summed E-state index contributed by atoms with van der Waals surface area (Å²) in [4.78, 5) is 0. The summed E-state index contributed by atoms with van der Waals surface area (Å²) in [5, 5.41) is 0. The number of nitrogens with zero attached hydrogens (tertiary/aromatic N) is 1. The van der Waals surface area contributed by atoms with E-state index in [4.69, 9.17) is 0 Å². The Kier molecular flexibility index (Phi) is 2.72. The van der Waals surface area contributed by atoms with Crippen LogP contribution >= 0.6 is 7.29 Å². The third-order valence-corrected chi connectivity index (χ3v) is 6.97. The summed E-state index contributed by atoms with van der Waals surface area (Å²) < 4.78 is 15.1. The average molecular weight is 247 g/mol. The number of fused-ring (bicyclic) bond motifs is 1. The van der Waals surface area contributed by atoms with Gasteiger partial charge in [0.15, 0.2) is 7.29 Å². The van der Waals surface area contributed by atoms with Crippen LogP contribution in [0.2, 0.25) is 0 Å². The monoisotopic (exact) mass is 247 g/mol. The largest absolute Gasteiger partial charge is 0.306 e. The highest BCUT2D eigenvalue weighted by Gasteiger charge is 2.34. The normalized spacial score (nSPS) is 28.9. The molecular formula is C14H18NOP.